The minimum Gasteiger partial charge on any atom is -0.326 e. The highest BCUT2D eigenvalue weighted by Crippen LogP contribution is 2.22. The molecule has 3 heteroatoms. The number of nitrogens with zero attached hydrogens (tertiary/aromatic N) is 2. The monoisotopic (exact) mass is 184 g/mol. The lowest BCUT2D eigenvalue weighted by atomic mass is 10.0. The number of rotatable bonds is 2. The van der Waals surface area contributed by atoms with Crippen molar-refractivity contribution in [3.63, 3.8) is 0 Å². The van der Waals surface area contributed by atoms with E-state index >= 15 is 0 Å². The molecule has 0 radical (unpaired) electrons. The second-order valence-corrected chi connectivity index (χ2v) is 4.48. The van der Waals surface area contributed by atoms with Gasteiger partial charge in [-0.15, -0.1) is 0 Å². The topological polar surface area (TPSA) is 23.6 Å². The van der Waals surface area contributed by atoms with Crippen LogP contribution in [-0.4, -0.2) is 41.5 Å². The van der Waals surface area contributed by atoms with Gasteiger partial charge in [-0.3, -0.25) is 0 Å². The lowest BCUT2D eigenvalue weighted by molar-refractivity contribution is 0.164. The Morgan fingerprint density at radius 3 is 2.15 bits per heavy atom. The fourth-order valence-electron chi connectivity index (χ4n) is 1.92. The number of hydrogen-bond acceptors (Lipinski definition) is 1. The molecule has 0 saturated carbocycles. The molecule has 0 spiro atoms. The molecule has 0 aromatic heterocycles. The molecular weight excluding hydrogens is 164 g/mol. The van der Waals surface area contributed by atoms with Crippen molar-refractivity contribution in [1.82, 2.24) is 9.80 Å². The summed E-state index contributed by atoms with van der Waals surface area (Å²) in [5.41, 5.74) is 0. The van der Waals surface area contributed by atoms with E-state index in [-0.39, 0.29) is 6.03 Å². The Kier molecular flexibility index (Phi) is 2.84. The summed E-state index contributed by atoms with van der Waals surface area (Å²) in [6.45, 7) is 9.37. The first-order chi connectivity index (χ1) is 5.95. The van der Waals surface area contributed by atoms with E-state index in [2.05, 4.69) is 27.7 Å². The highest BCUT2D eigenvalue weighted by molar-refractivity contribution is 5.77. The molecule has 0 aromatic rings. The summed E-state index contributed by atoms with van der Waals surface area (Å²) < 4.78 is 0. The van der Waals surface area contributed by atoms with Crippen LogP contribution in [0.5, 0.6) is 0 Å². The fraction of sp³-hybridized carbons (Fsp3) is 0.900. The zero-order valence-corrected chi connectivity index (χ0v) is 9.24. The van der Waals surface area contributed by atoms with Crippen molar-refractivity contribution in [2.75, 3.05) is 13.6 Å². The molecule has 1 unspecified atom stereocenters. The Bertz CT molecular complexity index is 201. The van der Waals surface area contributed by atoms with E-state index in [1.807, 2.05) is 16.8 Å². The van der Waals surface area contributed by atoms with Gasteiger partial charge in [-0.1, -0.05) is 13.8 Å². The standard InChI is InChI=1S/C10H20N2O/c1-7(2)9-6-11(5)10(13)12(9)8(3)4/h7-9H,6H2,1-5H3. The van der Waals surface area contributed by atoms with Gasteiger partial charge < -0.3 is 9.80 Å². The molecule has 0 bridgehead atoms. The fourth-order valence-corrected chi connectivity index (χ4v) is 1.92. The summed E-state index contributed by atoms with van der Waals surface area (Å²) in [5.74, 6) is 0.538. The van der Waals surface area contributed by atoms with Gasteiger partial charge in [0.05, 0.1) is 6.04 Å². The second kappa shape index (κ2) is 3.56. The van der Waals surface area contributed by atoms with Gasteiger partial charge in [-0.25, -0.2) is 4.79 Å². The van der Waals surface area contributed by atoms with Gasteiger partial charge in [0, 0.05) is 19.6 Å². The van der Waals surface area contributed by atoms with E-state index in [0.29, 0.717) is 18.0 Å². The van der Waals surface area contributed by atoms with Crippen LogP contribution < -0.4 is 0 Å². The molecule has 1 heterocycles. The maximum Gasteiger partial charge on any atom is 0.320 e. The zero-order valence-electron chi connectivity index (χ0n) is 9.24. The van der Waals surface area contributed by atoms with Gasteiger partial charge in [0.2, 0.25) is 0 Å². The lowest BCUT2D eigenvalue weighted by Gasteiger charge is -2.29. The lowest BCUT2D eigenvalue weighted by Crippen LogP contribution is -2.42. The molecule has 1 aliphatic rings. The largest absolute Gasteiger partial charge is 0.326 e. The highest BCUT2D eigenvalue weighted by atomic mass is 16.2. The van der Waals surface area contributed by atoms with Crippen LogP contribution in [-0.2, 0) is 0 Å². The first-order valence-electron chi connectivity index (χ1n) is 4.98. The Hall–Kier alpha value is -0.730. The summed E-state index contributed by atoms with van der Waals surface area (Å²) >= 11 is 0. The second-order valence-electron chi connectivity index (χ2n) is 4.48. The molecule has 76 valence electrons. The summed E-state index contributed by atoms with van der Waals surface area (Å²) in [5, 5.41) is 0. The minimum absolute atomic E-state index is 0.175. The number of amides is 2. The zero-order chi connectivity index (χ0) is 10.2. The molecule has 0 N–H and O–H groups in total. The third-order valence-corrected chi connectivity index (χ3v) is 2.69. The number of carbonyl (C=O) groups excluding carboxylic acids is 1. The van der Waals surface area contributed by atoms with Gasteiger partial charge in [-0.05, 0) is 19.8 Å². The van der Waals surface area contributed by atoms with E-state index in [1.165, 1.54) is 0 Å². The minimum atomic E-state index is 0.175. The number of carbonyl (C=O) groups is 1. The molecule has 1 fully saturated rings. The molecular formula is C10H20N2O. The Labute approximate surface area is 80.7 Å². The predicted octanol–water partition coefficient (Wildman–Crippen LogP) is 1.79. The van der Waals surface area contributed by atoms with Crippen LogP contribution in [0.15, 0.2) is 0 Å². The summed E-state index contributed by atoms with van der Waals surface area (Å²) in [7, 11) is 1.88. The van der Waals surface area contributed by atoms with Crippen LogP contribution in [0, 0.1) is 5.92 Å². The number of urea groups is 1. The van der Waals surface area contributed by atoms with Crippen molar-refractivity contribution in [2.45, 2.75) is 39.8 Å². The normalized spacial score (nSPS) is 23.9. The number of hydrogen-bond donors (Lipinski definition) is 0. The molecule has 1 saturated heterocycles. The van der Waals surface area contributed by atoms with E-state index < -0.39 is 0 Å². The predicted molar refractivity (Wildman–Crippen MR) is 53.6 cm³/mol. The number of likely N-dealkylation sites (N-methyl/N-ethyl adjacent to an activating group) is 1. The van der Waals surface area contributed by atoms with Crippen LogP contribution in [0.25, 0.3) is 0 Å². The van der Waals surface area contributed by atoms with Gasteiger partial charge in [0.25, 0.3) is 0 Å². The van der Waals surface area contributed by atoms with Crippen LogP contribution in [0.1, 0.15) is 27.7 Å². The molecule has 2 amide bonds. The first-order valence-corrected chi connectivity index (χ1v) is 4.98. The summed E-state index contributed by atoms with van der Waals surface area (Å²) in [6.07, 6.45) is 0. The average Bonchev–Trinajstić information content (AvgIpc) is 2.28. The van der Waals surface area contributed by atoms with Gasteiger partial charge in [-0.2, -0.15) is 0 Å². The van der Waals surface area contributed by atoms with Gasteiger partial charge in [0.1, 0.15) is 0 Å². The van der Waals surface area contributed by atoms with Crippen molar-refractivity contribution in [3.8, 4) is 0 Å². The molecule has 13 heavy (non-hydrogen) atoms. The summed E-state index contributed by atoms with van der Waals surface area (Å²) in [4.78, 5) is 15.5. The van der Waals surface area contributed by atoms with Crippen LogP contribution in [0.3, 0.4) is 0 Å². The Balaban J connectivity index is 2.81. The van der Waals surface area contributed by atoms with E-state index in [9.17, 15) is 4.79 Å². The Morgan fingerprint density at radius 2 is 1.85 bits per heavy atom. The van der Waals surface area contributed by atoms with Crippen molar-refractivity contribution in [3.05, 3.63) is 0 Å². The molecule has 3 nitrogen and oxygen atoms in total. The van der Waals surface area contributed by atoms with Crippen LogP contribution >= 0.6 is 0 Å². The highest BCUT2D eigenvalue weighted by Gasteiger charge is 2.37. The third-order valence-electron chi connectivity index (χ3n) is 2.69. The van der Waals surface area contributed by atoms with E-state index in [4.69, 9.17) is 0 Å². The SMILES string of the molecule is CC(C)C1CN(C)C(=O)N1C(C)C. The maximum absolute atomic E-state index is 11.7. The third kappa shape index (κ3) is 1.79. The van der Waals surface area contributed by atoms with Crippen molar-refractivity contribution in [1.29, 1.82) is 0 Å². The van der Waals surface area contributed by atoms with Crippen LogP contribution in [0.4, 0.5) is 4.79 Å². The molecule has 1 atom stereocenters. The van der Waals surface area contributed by atoms with Crippen molar-refractivity contribution < 1.29 is 4.79 Å². The average molecular weight is 184 g/mol. The quantitative estimate of drug-likeness (QED) is 0.641. The van der Waals surface area contributed by atoms with Crippen molar-refractivity contribution in [2.24, 2.45) is 5.92 Å². The summed E-state index contributed by atoms with van der Waals surface area (Å²) in [6, 6.07) is 0.871. The van der Waals surface area contributed by atoms with Crippen molar-refractivity contribution >= 4 is 6.03 Å². The first kappa shape index (κ1) is 10.4. The van der Waals surface area contributed by atoms with Gasteiger partial charge >= 0.3 is 6.03 Å². The van der Waals surface area contributed by atoms with Crippen LogP contribution in [0.2, 0.25) is 0 Å². The smallest absolute Gasteiger partial charge is 0.320 e. The molecule has 0 aliphatic carbocycles. The molecule has 0 aromatic carbocycles. The Morgan fingerprint density at radius 1 is 1.31 bits per heavy atom. The molecule has 1 aliphatic heterocycles. The molecule has 1 rings (SSSR count). The van der Waals surface area contributed by atoms with Gasteiger partial charge in [0.15, 0.2) is 0 Å². The van der Waals surface area contributed by atoms with E-state index in [0.717, 1.165) is 6.54 Å². The maximum atomic E-state index is 11.7. The van der Waals surface area contributed by atoms with E-state index in [1.54, 1.807) is 0 Å².